The Labute approximate surface area is 389 Å². The maximum atomic E-state index is 13.9. The minimum absolute atomic E-state index is 0.00931. The molecule has 0 saturated carbocycles. The molecule has 1 unspecified atom stereocenters. The monoisotopic (exact) mass is 934 g/mol. The molecule has 3 aliphatic rings. The molecule has 1 saturated heterocycles. The average Bonchev–Trinajstić information content (AvgIpc) is 4.05. The highest BCUT2D eigenvalue weighted by Crippen LogP contribution is 2.42. The number of carbonyl (C=O) groups excluding carboxylic acids is 7. The molecular weight excluding hydrogens is 885 g/mol. The van der Waals surface area contributed by atoms with Gasteiger partial charge in [-0.25, -0.2) is 0 Å². The number of methoxy groups -OCH3 is 1. The zero-order valence-electron chi connectivity index (χ0n) is 36.9. The number of imide groups is 1. The van der Waals surface area contributed by atoms with Crippen LogP contribution in [0.5, 0.6) is 11.5 Å². The van der Waals surface area contributed by atoms with Gasteiger partial charge in [0.05, 0.1) is 46.8 Å². The van der Waals surface area contributed by atoms with Gasteiger partial charge in [0.1, 0.15) is 5.69 Å². The molecule has 0 bridgehead atoms. The average molecular weight is 935 g/mol. The number of aryl methyl sites for hydroxylation is 1. The molecule has 3 aliphatic heterocycles. The minimum Gasteiger partial charge on any atom is -0.493 e. The van der Waals surface area contributed by atoms with E-state index < -0.39 is 5.91 Å². The lowest BCUT2D eigenvalue weighted by molar-refractivity contribution is -0.138. The first-order valence-electron chi connectivity index (χ1n) is 21.5. The third-order valence-corrected chi connectivity index (χ3v) is 13.9. The van der Waals surface area contributed by atoms with E-state index in [1.54, 1.807) is 54.4 Å². The number of para-hydroxylation sites is 1. The van der Waals surface area contributed by atoms with Crippen LogP contribution >= 0.6 is 23.1 Å². The summed E-state index contributed by atoms with van der Waals surface area (Å²) in [6.07, 6.45) is 4.96. The molecule has 344 valence electrons. The standard InChI is InChI=1S/C47H50N8O9S2/c1-52-25-30(50-42(57)10-7-17-64-37-23-34-32(22-36(37)63-3)46(61)55-31(26-53(34)2)19-27-8-5-6-9-33(27)55)21-35(52)44(59)51-29-11-12-38-28(18-29)20-39(66-38)45(60)49-14-13-41(56)48-15-16-54-43(58)24-40(65-4)47(54)62/h5-6,8-9,11-12,18,20-23,25,31,40H,7,10,13-17,19,24,26H2,1-4H3,(H,48,56)(H,49,60)(H,50,57)(H,51,59)/t31-,40?/m0/s1. The Bertz CT molecular complexity index is 2750. The number of anilines is 4. The fourth-order valence-electron chi connectivity index (χ4n) is 8.50. The molecule has 4 N–H and O–H groups in total. The van der Waals surface area contributed by atoms with Crippen molar-refractivity contribution < 1.29 is 43.0 Å². The molecule has 2 aromatic heterocycles. The second kappa shape index (κ2) is 19.7. The van der Waals surface area contributed by atoms with Crippen molar-refractivity contribution in [3.63, 3.8) is 0 Å². The van der Waals surface area contributed by atoms with E-state index in [0.717, 1.165) is 33.4 Å². The number of likely N-dealkylation sites (tertiary alicyclic amines) is 1. The zero-order chi connectivity index (χ0) is 46.6. The van der Waals surface area contributed by atoms with Crippen LogP contribution in [0.15, 0.2) is 72.9 Å². The molecule has 17 nitrogen and oxygen atoms in total. The van der Waals surface area contributed by atoms with E-state index in [4.69, 9.17) is 9.47 Å². The van der Waals surface area contributed by atoms with E-state index >= 15 is 0 Å². The highest BCUT2D eigenvalue weighted by atomic mass is 32.2. The van der Waals surface area contributed by atoms with Crippen LogP contribution in [0, 0.1) is 0 Å². The molecule has 5 aromatic rings. The number of nitrogens with one attached hydrogen (secondary N) is 4. The van der Waals surface area contributed by atoms with Crippen molar-refractivity contribution in [3.05, 3.63) is 94.6 Å². The highest BCUT2D eigenvalue weighted by Gasteiger charge is 2.40. The van der Waals surface area contributed by atoms with E-state index in [2.05, 4.69) is 32.2 Å². The Kier molecular flexibility index (Phi) is 13.6. The van der Waals surface area contributed by atoms with Crippen LogP contribution in [0.25, 0.3) is 10.1 Å². The number of hydrogen-bond donors (Lipinski definition) is 4. The van der Waals surface area contributed by atoms with Crippen LogP contribution in [0.1, 0.15) is 61.8 Å². The van der Waals surface area contributed by atoms with Gasteiger partial charge in [-0.15, -0.1) is 11.3 Å². The van der Waals surface area contributed by atoms with Crippen molar-refractivity contribution in [1.29, 1.82) is 0 Å². The normalized spacial score (nSPS) is 16.4. The first-order chi connectivity index (χ1) is 31.8. The molecule has 66 heavy (non-hydrogen) atoms. The van der Waals surface area contributed by atoms with Crippen LogP contribution in [-0.4, -0.2) is 115 Å². The predicted molar refractivity (Wildman–Crippen MR) is 254 cm³/mol. The van der Waals surface area contributed by atoms with Crippen LogP contribution < -0.4 is 40.5 Å². The second-order valence-electron chi connectivity index (χ2n) is 16.3. The number of amides is 7. The molecule has 3 aromatic carbocycles. The van der Waals surface area contributed by atoms with E-state index in [-0.39, 0.29) is 92.2 Å². The number of carbonyl (C=O) groups is 7. The number of benzene rings is 3. The smallest absolute Gasteiger partial charge is 0.272 e. The van der Waals surface area contributed by atoms with E-state index in [1.807, 2.05) is 42.3 Å². The Morgan fingerprint density at radius 1 is 0.833 bits per heavy atom. The lowest BCUT2D eigenvalue weighted by atomic mass is 10.1. The fourth-order valence-corrected chi connectivity index (χ4v) is 10.1. The summed E-state index contributed by atoms with van der Waals surface area (Å²) in [6.45, 7) is 1.21. The van der Waals surface area contributed by atoms with Gasteiger partial charge in [0.2, 0.25) is 23.6 Å². The van der Waals surface area contributed by atoms with Crippen molar-refractivity contribution in [2.45, 2.75) is 43.4 Å². The van der Waals surface area contributed by atoms with Gasteiger partial charge in [-0.2, -0.15) is 11.8 Å². The number of thiophene rings is 1. The minimum atomic E-state index is -0.396. The second-order valence-corrected chi connectivity index (χ2v) is 18.4. The molecule has 19 heteroatoms. The van der Waals surface area contributed by atoms with Gasteiger partial charge in [-0.05, 0) is 72.5 Å². The number of aromatic nitrogens is 1. The Hall–Kier alpha value is -6.86. The first kappa shape index (κ1) is 45.7. The summed E-state index contributed by atoms with van der Waals surface area (Å²) in [7, 11) is 5.20. The molecule has 5 heterocycles. The Morgan fingerprint density at radius 2 is 1.65 bits per heavy atom. The highest BCUT2D eigenvalue weighted by molar-refractivity contribution is 8.00. The molecule has 7 amide bonds. The summed E-state index contributed by atoms with van der Waals surface area (Å²) in [4.78, 5) is 95.4. The van der Waals surface area contributed by atoms with Gasteiger partial charge in [-0.1, -0.05) is 18.2 Å². The number of nitrogens with zero attached hydrogens (tertiary/aromatic N) is 4. The fraction of sp³-hybridized carbons (Fsp3) is 0.340. The molecule has 8 rings (SSSR count). The zero-order valence-corrected chi connectivity index (χ0v) is 38.6. The largest absolute Gasteiger partial charge is 0.493 e. The number of hydrogen-bond acceptors (Lipinski definition) is 12. The van der Waals surface area contributed by atoms with E-state index in [1.165, 1.54) is 35.1 Å². The molecule has 0 spiro atoms. The number of fused-ring (bicyclic) bond motifs is 5. The van der Waals surface area contributed by atoms with Crippen molar-refractivity contribution in [2.24, 2.45) is 7.05 Å². The lowest BCUT2D eigenvalue weighted by Gasteiger charge is -2.25. The topological polar surface area (TPSA) is 201 Å². The van der Waals surface area contributed by atoms with Gasteiger partial charge in [-0.3, -0.25) is 38.5 Å². The van der Waals surface area contributed by atoms with Crippen LogP contribution in [0.4, 0.5) is 22.7 Å². The summed E-state index contributed by atoms with van der Waals surface area (Å²) >= 11 is 2.61. The maximum absolute atomic E-state index is 13.9. The predicted octanol–water partition coefficient (Wildman–Crippen LogP) is 5.05. The number of likely N-dealkylation sites (N-methyl/N-ethyl adjacent to an activating group) is 1. The summed E-state index contributed by atoms with van der Waals surface area (Å²) in [5, 5.41) is 11.6. The summed E-state index contributed by atoms with van der Waals surface area (Å²) < 4.78 is 14.2. The van der Waals surface area contributed by atoms with Crippen LogP contribution in [-0.2, 0) is 32.6 Å². The SMILES string of the molecule is COc1cc2c(cc1OCCCC(=O)Nc1cc(C(=O)Nc3ccc4sc(C(=O)NCCC(=O)NCCN5C(=O)CC(SC)C5=O)cc4c3)n(C)c1)N(C)C[C@@H]1Cc3ccccc3N1C2=O. The Balaban J connectivity index is 0.783. The number of rotatable bonds is 17. The van der Waals surface area contributed by atoms with Crippen molar-refractivity contribution in [2.75, 3.05) is 73.6 Å². The van der Waals surface area contributed by atoms with Crippen molar-refractivity contribution in [1.82, 2.24) is 20.1 Å². The van der Waals surface area contributed by atoms with Gasteiger partial charge in [0, 0.05) is 87.9 Å². The van der Waals surface area contributed by atoms with Gasteiger partial charge >= 0.3 is 0 Å². The van der Waals surface area contributed by atoms with Crippen molar-refractivity contribution in [3.8, 4) is 11.5 Å². The summed E-state index contributed by atoms with van der Waals surface area (Å²) in [6, 6.07) is 20.2. The molecular formula is C47H50N8O9S2. The van der Waals surface area contributed by atoms with Crippen LogP contribution in [0.3, 0.4) is 0 Å². The van der Waals surface area contributed by atoms with Gasteiger partial charge < -0.3 is 45.1 Å². The number of thioether (sulfide) groups is 1. The quantitative estimate of drug-likeness (QED) is 0.0719. The van der Waals surface area contributed by atoms with Gasteiger partial charge in [0.15, 0.2) is 11.5 Å². The van der Waals surface area contributed by atoms with Crippen LogP contribution in [0.2, 0.25) is 0 Å². The number of ether oxygens (including phenoxy) is 2. The molecule has 0 radical (unpaired) electrons. The molecule has 1 fully saturated rings. The summed E-state index contributed by atoms with van der Waals surface area (Å²) in [5.41, 5.74) is 4.66. The van der Waals surface area contributed by atoms with E-state index in [9.17, 15) is 33.6 Å². The summed E-state index contributed by atoms with van der Waals surface area (Å²) in [5.74, 6) is -0.972. The third kappa shape index (κ3) is 9.72. The van der Waals surface area contributed by atoms with Crippen molar-refractivity contribution >= 4 is 97.3 Å². The lowest BCUT2D eigenvalue weighted by Crippen LogP contribution is -2.41. The third-order valence-electron chi connectivity index (χ3n) is 11.8. The Morgan fingerprint density at radius 3 is 2.44 bits per heavy atom. The maximum Gasteiger partial charge on any atom is 0.272 e. The van der Waals surface area contributed by atoms with Gasteiger partial charge in [0.25, 0.3) is 17.7 Å². The molecule has 0 aliphatic carbocycles. The van der Waals surface area contributed by atoms with E-state index in [0.29, 0.717) is 52.0 Å². The molecule has 2 atom stereocenters. The first-order valence-corrected chi connectivity index (χ1v) is 23.6.